The molecule has 0 N–H and O–H groups in total. The second kappa shape index (κ2) is 10.3. The van der Waals surface area contributed by atoms with Crippen molar-refractivity contribution < 1.29 is 13.2 Å². The van der Waals surface area contributed by atoms with Crippen LogP contribution in [0, 0.1) is 12.8 Å². The van der Waals surface area contributed by atoms with Crippen LogP contribution in [-0.4, -0.2) is 36.7 Å². The number of benzene rings is 3. The monoisotopic (exact) mass is 539 g/mol. The molecule has 1 aliphatic heterocycles. The van der Waals surface area contributed by atoms with E-state index < -0.39 is 15.9 Å². The van der Waals surface area contributed by atoms with Crippen molar-refractivity contribution >= 4 is 54.2 Å². The van der Waals surface area contributed by atoms with Crippen LogP contribution in [0.15, 0.2) is 77.7 Å². The summed E-state index contributed by atoms with van der Waals surface area (Å²) in [6, 6.07) is 21.9. The van der Waals surface area contributed by atoms with Crippen LogP contribution in [0.1, 0.15) is 24.0 Å². The Labute approximate surface area is 220 Å². The van der Waals surface area contributed by atoms with Crippen LogP contribution < -0.4 is 4.90 Å². The molecule has 4 aromatic rings. The zero-order valence-corrected chi connectivity index (χ0v) is 22.2. The van der Waals surface area contributed by atoms with Gasteiger partial charge in [0.15, 0.2) is 5.13 Å². The number of piperidine rings is 1. The summed E-state index contributed by atoms with van der Waals surface area (Å²) in [6.07, 6.45) is 1.24. The van der Waals surface area contributed by atoms with E-state index in [1.165, 1.54) is 15.6 Å². The van der Waals surface area contributed by atoms with E-state index in [-0.39, 0.29) is 17.3 Å². The summed E-state index contributed by atoms with van der Waals surface area (Å²) < 4.78 is 28.8. The lowest BCUT2D eigenvalue weighted by Gasteiger charge is -2.33. The van der Waals surface area contributed by atoms with Crippen LogP contribution >= 0.6 is 22.9 Å². The number of hydrogen-bond acceptors (Lipinski definition) is 5. The molecule has 0 bridgehead atoms. The van der Waals surface area contributed by atoms with Crippen molar-refractivity contribution in [1.29, 1.82) is 0 Å². The fraction of sp³-hybridized carbons (Fsp3) is 0.259. The number of aryl methyl sites for hydroxylation is 1. The molecule has 2 heterocycles. The highest BCUT2D eigenvalue weighted by Gasteiger charge is 2.36. The molecule has 0 aliphatic carbocycles. The number of rotatable bonds is 6. The third-order valence-corrected chi connectivity index (χ3v) is 9.90. The van der Waals surface area contributed by atoms with Crippen molar-refractivity contribution in [3.8, 4) is 0 Å². The summed E-state index contributed by atoms with van der Waals surface area (Å²) in [7, 11) is -3.68. The molecule has 0 spiro atoms. The predicted molar refractivity (Wildman–Crippen MR) is 145 cm³/mol. The maximum atomic E-state index is 14.0. The molecule has 1 amide bonds. The maximum Gasteiger partial charge on any atom is 0.243 e. The average Bonchev–Trinajstić information content (AvgIpc) is 3.37. The Hall–Kier alpha value is -2.78. The smallest absolute Gasteiger partial charge is 0.243 e. The van der Waals surface area contributed by atoms with Crippen molar-refractivity contribution in [3.05, 3.63) is 88.9 Å². The number of carbonyl (C=O) groups is 1. The molecule has 9 heteroatoms. The minimum atomic E-state index is -3.68. The summed E-state index contributed by atoms with van der Waals surface area (Å²) in [4.78, 5) is 20.7. The van der Waals surface area contributed by atoms with E-state index in [9.17, 15) is 13.2 Å². The lowest BCUT2D eigenvalue weighted by molar-refractivity contribution is -0.123. The molecule has 6 nitrogen and oxygen atoms in total. The highest BCUT2D eigenvalue weighted by molar-refractivity contribution is 7.89. The Balaban J connectivity index is 1.48. The summed E-state index contributed by atoms with van der Waals surface area (Å²) in [5.74, 6) is -0.593. The highest BCUT2D eigenvalue weighted by Crippen LogP contribution is 2.37. The molecule has 0 radical (unpaired) electrons. The molecular formula is C27H26ClN3O3S2. The van der Waals surface area contributed by atoms with Gasteiger partial charge in [-0.15, -0.1) is 0 Å². The number of sulfonamides is 1. The molecule has 0 saturated carbocycles. The van der Waals surface area contributed by atoms with Crippen molar-refractivity contribution in [3.63, 3.8) is 0 Å². The first-order valence-corrected chi connectivity index (χ1v) is 14.4. The third kappa shape index (κ3) is 4.91. The van der Waals surface area contributed by atoms with Crippen LogP contribution in [0.25, 0.3) is 10.2 Å². The standard InChI is InChI=1S/C27H26ClN3O3S2/c1-19-14-15-23(28)25-24(19)29-27(35-25)31(17-20-9-4-2-5-10-20)26(32)21-11-8-16-30(18-21)36(33,34)22-12-6-3-7-13-22/h2-7,9-10,12-15,21H,8,11,16-18H2,1H3. The van der Waals surface area contributed by atoms with Gasteiger partial charge >= 0.3 is 0 Å². The van der Waals surface area contributed by atoms with Gasteiger partial charge in [-0.25, -0.2) is 13.4 Å². The first kappa shape index (κ1) is 24.9. The molecule has 1 fully saturated rings. The number of thiazole rings is 1. The molecule has 1 aromatic heterocycles. The van der Waals surface area contributed by atoms with Gasteiger partial charge in [0, 0.05) is 13.1 Å². The van der Waals surface area contributed by atoms with Gasteiger partial charge in [0.05, 0.1) is 32.6 Å². The van der Waals surface area contributed by atoms with Crippen LogP contribution in [0.3, 0.4) is 0 Å². The van der Waals surface area contributed by atoms with E-state index in [0.717, 1.165) is 21.3 Å². The van der Waals surface area contributed by atoms with Crippen molar-refractivity contribution in [1.82, 2.24) is 9.29 Å². The van der Waals surface area contributed by atoms with Gasteiger partial charge in [0.25, 0.3) is 0 Å². The molecule has 186 valence electrons. The van der Waals surface area contributed by atoms with E-state index in [0.29, 0.717) is 36.1 Å². The average molecular weight is 540 g/mol. The van der Waals surface area contributed by atoms with E-state index >= 15 is 0 Å². The quantitative estimate of drug-likeness (QED) is 0.306. The molecule has 1 unspecified atom stereocenters. The summed E-state index contributed by atoms with van der Waals surface area (Å²) in [5.41, 5.74) is 2.74. The minimum absolute atomic E-state index is 0.125. The molecule has 1 atom stereocenters. The number of aromatic nitrogens is 1. The van der Waals surface area contributed by atoms with Gasteiger partial charge < -0.3 is 0 Å². The lowest BCUT2D eigenvalue weighted by atomic mass is 9.98. The van der Waals surface area contributed by atoms with E-state index in [4.69, 9.17) is 16.6 Å². The largest absolute Gasteiger partial charge is 0.283 e. The van der Waals surface area contributed by atoms with Crippen LogP contribution in [0.2, 0.25) is 5.02 Å². The summed E-state index contributed by atoms with van der Waals surface area (Å²) in [5, 5.41) is 1.17. The van der Waals surface area contributed by atoms with Gasteiger partial charge in [-0.2, -0.15) is 4.31 Å². The normalized spacial score (nSPS) is 16.8. The van der Waals surface area contributed by atoms with Gasteiger partial charge in [-0.05, 0) is 49.1 Å². The molecule has 1 saturated heterocycles. The number of carbonyl (C=O) groups excluding carboxylic acids is 1. The number of fused-ring (bicyclic) bond motifs is 1. The topological polar surface area (TPSA) is 70.6 Å². The van der Waals surface area contributed by atoms with Crippen molar-refractivity contribution in [2.24, 2.45) is 5.92 Å². The van der Waals surface area contributed by atoms with Gasteiger partial charge in [0.1, 0.15) is 0 Å². The zero-order chi connectivity index (χ0) is 25.3. The minimum Gasteiger partial charge on any atom is -0.283 e. The van der Waals surface area contributed by atoms with Crippen LogP contribution in [0.5, 0.6) is 0 Å². The van der Waals surface area contributed by atoms with Crippen molar-refractivity contribution in [2.75, 3.05) is 18.0 Å². The zero-order valence-electron chi connectivity index (χ0n) is 19.8. The summed E-state index contributed by atoms with van der Waals surface area (Å²) in [6.45, 7) is 2.86. The third-order valence-electron chi connectivity index (χ3n) is 6.48. The first-order valence-electron chi connectivity index (χ1n) is 11.8. The van der Waals surface area contributed by atoms with Crippen LogP contribution in [-0.2, 0) is 21.4 Å². The number of amides is 1. The Bertz CT molecular complexity index is 1450. The van der Waals surface area contributed by atoms with E-state index in [1.54, 1.807) is 35.2 Å². The predicted octanol–water partition coefficient (Wildman–Crippen LogP) is 5.89. The number of hydrogen-bond donors (Lipinski definition) is 0. The second-order valence-corrected chi connectivity index (χ2v) is 12.3. The second-order valence-electron chi connectivity index (χ2n) is 8.96. The fourth-order valence-electron chi connectivity index (χ4n) is 4.54. The lowest BCUT2D eigenvalue weighted by Crippen LogP contribution is -2.46. The van der Waals surface area contributed by atoms with Crippen LogP contribution in [0.4, 0.5) is 5.13 Å². The van der Waals surface area contributed by atoms with Crippen molar-refractivity contribution in [2.45, 2.75) is 31.2 Å². The molecule has 36 heavy (non-hydrogen) atoms. The van der Waals surface area contributed by atoms with Gasteiger partial charge in [-0.3, -0.25) is 9.69 Å². The molecule has 3 aromatic carbocycles. The highest BCUT2D eigenvalue weighted by atomic mass is 35.5. The number of nitrogens with zero attached hydrogens (tertiary/aromatic N) is 3. The van der Waals surface area contributed by atoms with E-state index in [1.807, 2.05) is 49.4 Å². The molecular weight excluding hydrogens is 514 g/mol. The molecule has 5 rings (SSSR count). The number of halogens is 1. The Morgan fingerprint density at radius 2 is 1.78 bits per heavy atom. The Morgan fingerprint density at radius 3 is 2.47 bits per heavy atom. The first-order chi connectivity index (χ1) is 17.3. The Morgan fingerprint density at radius 1 is 1.08 bits per heavy atom. The fourth-order valence-corrected chi connectivity index (χ4v) is 7.40. The maximum absolute atomic E-state index is 14.0. The number of anilines is 1. The SMILES string of the molecule is Cc1ccc(Cl)c2sc(N(Cc3ccccc3)C(=O)C3CCCN(S(=O)(=O)c4ccccc4)C3)nc12. The van der Waals surface area contributed by atoms with E-state index in [2.05, 4.69) is 0 Å². The van der Waals surface area contributed by atoms with Gasteiger partial charge in [-0.1, -0.05) is 77.5 Å². The molecule has 1 aliphatic rings. The Kier molecular flexibility index (Phi) is 7.12. The summed E-state index contributed by atoms with van der Waals surface area (Å²) >= 11 is 7.85. The van der Waals surface area contributed by atoms with Gasteiger partial charge in [0.2, 0.25) is 15.9 Å².